The summed E-state index contributed by atoms with van der Waals surface area (Å²) >= 11 is 0. The number of esters is 2. The van der Waals surface area contributed by atoms with Crippen molar-refractivity contribution in [3.8, 4) is 0 Å². The number of rotatable bonds is 5. The number of nitrogens with two attached hydrogens (primary N) is 1. The van der Waals surface area contributed by atoms with Gasteiger partial charge in [0.2, 0.25) is 0 Å². The summed E-state index contributed by atoms with van der Waals surface area (Å²) in [4.78, 5) is 22.5. The lowest BCUT2D eigenvalue weighted by Gasteiger charge is -2.04. The monoisotopic (exact) mass is 249 g/mol. The average Bonchev–Trinajstić information content (AvgIpc) is 2.37. The maximum Gasteiger partial charge on any atom is 0.354 e. The van der Waals surface area contributed by atoms with Crippen molar-refractivity contribution in [1.29, 1.82) is 0 Å². The normalized spacial score (nSPS) is 10.8. The zero-order valence-corrected chi connectivity index (χ0v) is 10.1. The molecule has 0 amide bonds. The molecule has 96 valence electrons. The third-order valence-electron chi connectivity index (χ3n) is 2.01. The Hall–Kier alpha value is -2.30. The van der Waals surface area contributed by atoms with E-state index in [1.807, 2.05) is 30.3 Å². The fourth-order valence-corrected chi connectivity index (χ4v) is 1.18. The predicted molar refractivity (Wildman–Crippen MR) is 65.1 cm³/mol. The van der Waals surface area contributed by atoms with Gasteiger partial charge in [-0.3, -0.25) is 0 Å². The molecule has 1 aromatic rings. The van der Waals surface area contributed by atoms with Gasteiger partial charge in [-0.2, -0.15) is 0 Å². The van der Waals surface area contributed by atoms with E-state index < -0.39 is 11.9 Å². The van der Waals surface area contributed by atoms with E-state index in [9.17, 15) is 9.59 Å². The van der Waals surface area contributed by atoms with Gasteiger partial charge < -0.3 is 15.2 Å². The molecule has 0 aliphatic heterocycles. The summed E-state index contributed by atoms with van der Waals surface area (Å²) in [5.74, 6) is -1.40. The lowest BCUT2D eigenvalue weighted by molar-refractivity contribution is -0.142. The lowest BCUT2D eigenvalue weighted by Crippen LogP contribution is -2.17. The predicted octanol–water partition coefficient (Wildman–Crippen LogP) is 1.14. The topological polar surface area (TPSA) is 78.6 Å². The third kappa shape index (κ3) is 4.69. The Morgan fingerprint density at radius 1 is 1.22 bits per heavy atom. The van der Waals surface area contributed by atoms with Crippen LogP contribution in [0.1, 0.15) is 12.5 Å². The molecule has 0 aliphatic carbocycles. The molecule has 0 unspecified atom stereocenters. The highest BCUT2D eigenvalue weighted by Crippen LogP contribution is 2.02. The van der Waals surface area contributed by atoms with E-state index in [1.165, 1.54) is 0 Å². The van der Waals surface area contributed by atoms with Crippen molar-refractivity contribution < 1.29 is 19.1 Å². The van der Waals surface area contributed by atoms with Crippen LogP contribution in [-0.2, 0) is 25.7 Å². The molecule has 2 N–H and O–H groups in total. The summed E-state index contributed by atoms with van der Waals surface area (Å²) in [6, 6.07) is 9.17. The fraction of sp³-hybridized carbons (Fsp3) is 0.231. The fourth-order valence-electron chi connectivity index (χ4n) is 1.18. The quantitative estimate of drug-likeness (QED) is 0.625. The molecule has 0 saturated carbocycles. The van der Waals surface area contributed by atoms with Crippen molar-refractivity contribution >= 4 is 11.9 Å². The minimum Gasteiger partial charge on any atom is -0.463 e. The van der Waals surface area contributed by atoms with Gasteiger partial charge in [0.25, 0.3) is 0 Å². The first-order chi connectivity index (χ1) is 8.63. The zero-order chi connectivity index (χ0) is 13.4. The van der Waals surface area contributed by atoms with Gasteiger partial charge in [-0.25, -0.2) is 9.59 Å². The van der Waals surface area contributed by atoms with Crippen molar-refractivity contribution in [3.63, 3.8) is 0 Å². The van der Waals surface area contributed by atoms with Crippen LogP contribution >= 0.6 is 0 Å². The summed E-state index contributed by atoms with van der Waals surface area (Å²) in [5.41, 5.74) is 5.97. The van der Waals surface area contributed by atoms with Crippen molar-refractivity contribution in [2.24, 2.45) is 5.73 Å². The summed E-state index contributed by atoms with van der Waals surface area (Å²) in [6.45, 7) is 1.99. The average molecular weight is 249 g/mol. The molecular formula is C13H15NO4. The maximum absolute atomic E-state index is 11.4. The van der Waals surface area contributed by atoms with Crippen LogP contribution in [0, 0.1) is 0 Å². The Balaban J connectivity index is 2.48. The van der Waals surface area contributed by atoms with Gasteiger partial charge in [-0.1, -0.05) is 30.3 Å². The molecule has 0 radical (unpaired) electrons. The molecule has 1 aromatic carbocycles. The molecule has 0 bridgehead atoms. The second-order valence-corrected chi connectivity index (χ2v) is 3.41. The number of carbonyl (C=O) groups excluding carboxylic acids is 2. The molecule has 5 nitrogen and oxygen atoms in total. The molecule has 0 atom stereocenters. The minimum absolute atomic E-state index is 0.108. The molecular weight excluding hydrogens is 234 g/mol. The smallest absolute Gasteiger partial charge is 0.354 e. The Morgan fingerprint density at radius 3 is 2.50 bits per heavy atom. The van der Waals surface area contributed by atoms with Crippen LogP contribution in [0.4, 0.5) is 0 Å². The first-order valence-corrected chi connectivity index (χ1v) is 5.48. The van der Waals surface area contributed by atoms with Gasteiger partial charge in [-0.05, 0) is 12.5 Å². The van der Waals surface area contributed by atoms with Crippen LogP contribution in [0.15, 0.2) is 42.1 Å². The molecule has 5 heteroatoms. The van der Waals surface area contributed by atoms with Crippen LogP contribution in [0.3, 0.4) is 0 Å². The SMILES string of the molecule is CCOC(=O)/C=C(/N)C(=O)OCc1ccccc1. The van der Waals surface area contributed by atoms with Crippen LogP contribution in [0.25, 0.3) is 0 Å². The Bertz CT molecular complexity index is 440. The second-order valence-electron chi connectivity index (χ2n) is 3.41. The summed E-state index contributed by atoms with van der Waals surface area (Å²) in [5, 5.41) is 0. The molecule has 0 aliphatic rings. The van der Waals surface area contributed by atoms with E-state index in [2.05, 4.69) is 4.74 Å². The van der Waals surface area contributed by atoms with Crippen molar-refractivity contribution in [2.45, 2.75) is 13.5 Å². The van der Waals surface area contributed by atoms with Gasteiger partial charge in [0, 0.05) is 0 Å². The van der Waals surface area contributed by atoms with Crippen LogP contribution in [0.5, 0.6) is 0 Å². The Kier molecular flexibility index (Phi) is 5.44. The van der Waals surface area contributed by atoms with Gasteiger partial charge in [0.1, 0.15) is 12.3 Å². The largest absolute Gasteiger partial charge is 0.463 e. The molecule has 0 heterocycles. The van der Waals surface area contributed by atoms with Crippen LogP contribution < -0.4 is 5.73 Å². The summed E-state index contributed by atoms with van der Waals surface area (Å²) in [7, 11) is 0. The van der Waals surface area contributed by atoms with E-state index >= 15 is 0 Å². The van der Waals surface area contributed by atoms with E-state index in [1.54, 1.807) is 6.92 Å². The van der Waals surface area contributed by atoms with Crippen LogP contribution in [-0.4, -0.2) is 18.5 Å². The number of carbonyl (C=O) groups is 2. The maximum atomic E-state index is 11.4. The highest BCUT2D eigenvalue weighted by atomic mass is 16.5. The highest BCUT2D eigenvalue weighted by Gasteiger charge is 2.09. The summed E-state index contributed by atoms with van der Waals surface area (Å²) in [6.07, 6.45) is 0.914. The van der Waals surface area contributed by atoms with Crippen molar-refractivity contribution in [2.75, 3.05) is 6.61 Å². The van der Waals surface area contributed by atoms with E-state index in [4.69, 9.17) is 10.5 Å². The molecule has 0 aromatic heterocycles. The van der Waals surface area contributed by atoms with Crippen LogP contribution in [0.2, 0.25) is 0 Å². The van der Waals surface area contributed by atoms with E-state index in [-0.39, 0.29) is 18.9 Å². The third-order valence-corrected chi connectivity index (χ3v) is 2.01. The molecule has 1 rings (SSSR count). The molecule has 0 fully saturated rings. The zero-order valence-electron chi connectivity index (χ0n) is 10.1. The number of benzene rings is 1. The lowest BCUT2D eigenvalue weighted by atomic mass is 10.2. The Labute approximate surface area is 105 Å². The highest BCUT2D eigenvalue weighted by molar-refractivity contribution is 5.95. The van der Waals surface area contributed by atoms with E-state index in [0.717, 1.165) is 11.6 Å². The molecule has 0 spiro atoms. The van der Waals surface area contributed by atoms with E-state index in [0.29, 0.717) is 0 Å². The second kappa shape index (κ2) is 7.11. The first-order valence-electron chi connectivity index (χ1n) is 5.48. The molecule has 18 heavy (non-hydrogen) atoms. The first kappa shape index (κ1) is 13.8. The van der Waals surface area contributed by atoms with Gasteiger partial charge in [0.05, 0.1) is 12.7 Å². The number of hydrogen-bond acceptors (Lipinski definition) is 5. The summed E-state index contributed by atoms with van der Waals surface area (Å²) < 4.78 is 9.55. The van der Waals surface area contributed by atoms with Gasteiger partial charge >= 0.3 is 11.9 Å². The Morgan fingerprint density at radius 2 is 1.89 bits per heavy atom. The minimum atomic E-state index is -0.744. The molecule has 0 saturated heterocycles. The number of ether oxygens (including phenoxy) is 2. The van der Waals surface area contributed by atoms with Crippen molar-refractivity contribution in [3.05, 3.63) is 47.7 Å². The standard InChI is InChI=1S/C13H15NO4/c1-2-17-12(15)8-11(14)13(16)18-9-10-6-4-3-5-7-10/h3-8H,2,9,14H2,1H3/b11-8+. The number of hydrogen-bond donors (Lipinski definition) is 1. The van der Waals surface area contributed by atoms with Gasteiger partial charge in [-0.15, -0.1) is 0 Å². The van der Waals surface area contributed by atoms with Crippen molar-refractivity contribution in [1.82, 2.24) is 0 Å². The van der Waals surface area contributed by atoms with Gasteiger partial charge in [0.15, 0.2) is 0 Å².